The van der Waals surface area contributed by atoms with Crippen LogP contribution in [0.2, 0.25) is 0 Å². The van der Waals surface area contributed by atoms with Crippen molar-refractivity contribution >= 4 is 42.6 Å². The maximum atomic E-state index is 5.52. The summed E-state index contributed by atoms with van der Waals surface area (Å²) in [6.07, 6.45) is 0. The molecule has 5 heteroatoms. The summed E-state index contributed by atoms with van der Waals surface area (Å²) in [6.45, 7) is 3.44. The second-order valence-electron chi connectivity index (χ2n) is 4.56. The van der Waals surface area contributed by atoms with Gasteiger partial charge in [0.15, 0.2) is 5.13 Å². The summed E-state index contributed by atoms with van der Waals surface area (Å²) < 4.78 is 7.75. The SMILES string of the molecule is CCOc1ccc2nc(NCc3ccc(Br)cc3)sc2c1. The third-order valence-corrected chi connectivity index (χ3v) is 4.53. The van der Waals surface area contributed by atoms with Gasteiger partial charge in [-0.05, 0) is 42.8 Å². The van der Waals surface area contributed by atoms with Crippen LogP contribution in [0.25, 0.3) is 10.2 Å². The molecule has 0 atom stereocenters. The van der Waals surface area contributed by atoms with Crippen molar-refractivity contribution in [3.63, 3.8) is 0 Å². The van der Waals surface area contributed by atoms with Crippen LogP contribution in [0.4, 0.5) is 5.13 Å². The third kappa shape index (κ3) is 3.54. The van der Waals surface area contributed by atoms with Gasteiger partial charge in [-0.25, -0.2) is 4.98 Å². The van der Waals surface area contributed by atoms with Crippen LogP contribution < -0.4 is 10.1 Å². The molecule has 0 aliphatic carbocycles. The number of anilines is 1. The maximum Gasteiger partial charge on any atom is 0.184 e. The molecule has 3 aromatic rings. The number of nitrogens with one attached hydrogen (secondary N) is 1. The first kappa shape index (κ1) is 14.4. The summed E-state index contributed by atoms with van der Waals surface area (Å²) in [5.74, 6) is 0.896. The molecule has 1 aromatic heterocycles. The van der Waals surface area contributed by atoms with Gasteiger partial charge in [0.2, 0.25) is 0 Å². The quantitative estimate of drug-likeness (QED) is 0.687. The van der Waals surface area contributed by atoms with Crippen molar-refractivity contribution in [2.75, 3.05) is 11.9 Å². The van der Waals surface area contributed by atoms with Crippen molar-refractivity contribution in [3.05, 3.63) is 52.5 Å². The number of hydrogen-bond acceptors (Lipinski definition) is 4. The van der Waals surface area contributed by atoms with Crippen LogP contribution in [0, 0.1) is 0 Å². The minimum atomic E-state index is 0.680. The van der Waals surface area contributed by atoms with E-state index in [4.69, 9.17) is 4.74 Å². The molecule has 3 nitrogen and oxygen atoms in total. The monoisotopic (exact) mass is 362 g/mol. The molecule has 0 bridgehead atoms. The summed E-state index contributed by atoms with van der Waals surface area (Å²) in [5.41, 5.74) is 2.23. The number of aromatic nitrogens is 1. The Bertz CT molecular complexity index is 740. The van der Waals surface area contributed by atoms with Crippen LogP contribution in [-0.4, -0.2) is 11.6 Å². The second kappa shape index (κ2) is 6.45. The lowest BCUT2D eigenvalue weighted by atomic mass is 10.2. The highest BCUT2D eigenvalue weighted by Gasteiger charge is 2.05. The average Bonchev–Trinajstić information content (AvgIpc) is 2.89. The smallest absolute Gasteiger partial charge is 0.184 e. The molecule has 0 saturated carbocycles. The molecule has 108 valence electrons. The Labute approximate surface area is 136 Å². The molecule has 0 amide bonds. The highest BCUT2D eigenvalue weighted by Crippen LogP contribution is 2.29. The van der Waals surface area contributed by atoms with Gasteiger partial charge in [0, 0.05) is 11.0 Å². The molecule has 0 aliphatic heterocycles. The Morgan fingerprint density at radius 3 is 2.76 bits per heavy atom. The fourth-order valence-electron chi connectivity index (χ4n) is 2.02. The normalized spacial score (nSPS) is 10.8. The van der Waals surface area contributed by atoms with Crippen molar-refractivity contribution in [3.8, 4) is 5.75 Å². The number of rotatable bonds is 5. The largest absolute Gasteiger partial charge is 0.494 e. The van der Waals surface area contributed by atoms with Gasteiger partial charge in [-0.2, -0.15) is 0 Å². The van der Waals surface area contributed by atoms with Gasteiger partial charge in [-0.1, -0.05) is 39.4 Å². The topological polar surface area (TPSA) is 34.1 Å². The first-order chi connectivity index (χ1) is 10.2. The van der Waals surface area contributed by atoms with Crippen molar-refractivity contribution in [1.29, 1.82) is 0 Å². The lowest BCUT2D eigenvalue weighted by molar-refractivity contribution is 0.341. The van der Waals surface area contributed by atoms with Crippen molar-refractivity contribution in [2.24, 2.45) is 0 Å². The van der Waals surface area contributed by atoms with E-state index in [1.54, 1.807) is 11.3 Å². The van der Waals surface area contributed by atoms with Crippen LogP contribution in [0.3, 0.4) is 0 Å². The zero-order valence-electron chi connectivity index (χ0n) is 11.6. The number of hydrogen-bond donors (Lipinski definition) is 1. The van der Waals surface area contributed by atoms with E-state index in [9.17, 15) is 0 Å². The van der Waals surface area contributed by atoms with Crippen molar-refractivity contribution < 1.29 is 4.74 Å². The number of halogens is 1. The van der Waals surface area contributed by atoms with Gasteiger partial charge < -0.3 is 10.1 Å². The number of fused-ring (bicyclic) bond motifs is 1. The van der Waals surface area contributed by atoms with E-state index in [-0.39, 0.29) is 0 Å². The Hall–Kier alpha value is -1.59. The predicted octanol–water partition coefficient (Wildman–Crippen LogP) is 5.07. The molecule has 0 saturated heterocycles. The Morgan fingerprint density at radius 1 is 1.19 bits per heavy atom. The maximum absolute atomic E-state index is 5.52. The van der Waals surface area contributed by atoms with Gasteiger partial charge in [0.05, 0.1) is 16.8 Å². The first-order valence-corrected chi connectivity index (χ1v) is 8.37. The summed E-state index contributed by atoms with van der Waals surface area (Å²) in [7, 11) is 0. The Morgan fingerprint density at radius 2 is 2.00 bits per heavy atom. The van der Waals surface area contributed by atoms with Crippen LogP contribution in [0.15, 0.2) is 46.9 Å². The molecular weight excluding hydrogens is 348 g/mol. The van der Waals surface area contributed by atoms with Crippen molar-refractivity contribution in [1.82, 2.24) is 4.98 Å². The molecule has 1 N–H and O–H groups in total. The van der Waals surface area contributed by atoms with E-state index in [1.165, 1.54) is 5.56 Å². The zero-order chi connectivity index (χ0) is 14.7. The van der Waals surface area contributed by atoms with E-state index in [0.717, 1.165) is 32.1 Å². The lowest BCUT2D eigenvalue weighted by Crippen LogP contribution is -1.98. The summed E-state index contributed by atoms with van der Waals surface area (Å²) in [4.78, 5) is 4.59. The summed E-state index contributed by atoms with van der Waals surface area (Å²) in [6, 6.07) is 14.3. The third-order valence-electron chi connectivity index (χ3n) is 3.03. The predicted molar refractivity (Wildman–Crippen MR) is 92.3 cm³/mol. The minimum Gasteiger partial charge on any atom is -0.494 e. The molecule has 1 heterocycles. The Balaban J connectivity index is 1.73. The van der Waals surface area contributed by atoms with Gasteiger partial charge in [0.25, 0.3) is 0 Å². The van der Waals surface area contributed by atoms with Crippen LogP contribution in [-0.2, 0) is 6.54 Å². The minimum absolute atomic E-state index is 0.680. The lowest BCUT2D eigenvalue weighted by Gasteiger charge is -2.02. The molecule has 0 spiro atoms. The second-order valence-corrected chi connectivity index (χ2v) is 6.51. The molecule has 0 unspecified atom stereocenters. The van der Waals surface area contributed by atoms with Crippen LogP contribution in [0.5, 0.6) is 5.75 Å². The van der Waals surface area contributed by atoms with Crippen LogP contribution in [0.1, 0.15) is 12.5 Å². The fraction of sp³-hybridized carbons (Fsp3) is 0.188. The molecular formula is C16H15BrN2OS. The highest BCUT2D eigenvalue weighted by molar-refractivity contribution is 9.10. The van der Waals surface area contributed by atoms with E-state index in [1.807, 2.05) is 37.3 Å². The molecule has 0 radical (unpaired) electrons. The molecule has 0 fully saturated rings. The van der Waals surface area contributed by atoms with Gasteiger partial charge >= 0.3 is 0 Å². The van der Waals surface area contributed by atoms with Gasteiger partial charge in [-0.3, -0.25) is 0 Å². The number of ether oxygens (including phenoxy) is 1. The van der Waals surface area contributed by atoms with Gasteiger partial charge in [0.1, 0.15) is 5.75 Å². The van der Waals surface area contributed by atoms with E-state index >= 15 is 0 Å². The first-order valence-electron chi connectivity index (χ1n) is 6.76. The zero-order valence-corrected chi connectivity index (χ0v) is 14.0. The highest BCUT2D eigenvalue weighted by atomic mass is 79.9. The molecule has 2 aromatic carbocycles. The standard InChI is InChI=1S/C16H15BrN2OS/c1-2-20-13-7-8-14-15(9-13)21-16(19-14)18-10-11-3-5-12(17)6-4-11/h3-9H,2,10H2,1H3,(H,18,19). The molecule has 3 rings (SSSR count). The van der Waals surface area contributed by atoms with E-state index in [0.29, 0.717) is 6.61 Å². The summed E-state index contributed by atoms with van der Waals surface area (Å²) in [5, 5.41) is 4.30. The van der Waals surface area contributed by atoms with Crippen molar-refractivity contribution in [2.45, 2.75) is 13.5 Å². The Kier molecular flexibility index (Phi) is 4.41. The van der Waals surface area contributed by atoms with Crippen LogP contribution >= 0.6 is 27.3 Å². The molecule has 21 heavy (non-hydrogen) atoms. The molecule has 0 aliphatic rings. The summed E-state index contributed by atoms with van der Waals surface area (Å²) >= 11 is 5.09. The number of nitrogens with zero attached hydrogens (tertiary/aromatic N) is 1. The van der Waals surface area contributed by atoms with Gasteiger partial charge in [-0.15, -0.1) is 0 Å². The van der Waals surface area contributed by atoms with E-state index in [2.05, 4.69) is 38.4 Å². The number of thiazole rings is 1. The van der Waals surface area contributed by atoms with E-state index < -0.39 is 0 Å². The fourth-order valence-corrected chi connectivity index (χ4v) is 3.17. The number of benzene rings is 2. The average molecular weight is 363 g/mol.